The molecule has 0 saturated heterocycles. The topological polar surface area (TPSA) is 67.8 Å². The van der Waals surface area contributed by atoms with Gasteiger partial charge in [0.15, 0.2) is 17.4 Å². The SMILES string of the molecule is N/C(=N\O)c1ccc(Oc2cc(Cl)ccc2Cl)c(F)c1. The highest BCUT2D eigenvalue weighted by Gasteiger charge is 2.10. The Balaban J connectivity index is 2.33. The fraction of sp³-hybridized carbons (Fsp3) is 0. The molecule has 0 aliphatic carbocycles. The fourth-order valence-corrected chi connectivity index (χ4v) is 1.79. The standard InChI is InChI=1S/C13H9Cl2FN2O2/c14-8-2-3-9(15)12(6-8)20-11-4-1-7(5-10(11)16)13(17)18-19/h1-6,19H,(H2,17,18). The molecule has 0 aliphatic heterocycles. The molecule has 0 bridgehead atoms. The number of hydrogen-bond donors (Lipinski definition) is 2. The summed E-state index contributed by atoms with van der Waals surface area (Å²) in [6, 6.07) is 8.49. The molecule has 0 spiro atoms. The van der Waals surface area contributed by atoms with Gasteiger partial charge in [0.05, 0.1) is 5.02 Å². The molecular formula is C13H9Cl2FN2O2. The molecule has 4 nitrogen and oxygen atoms in total. The second kappa shape index (κ2) is 5.98. The lowest BCUT2D eigenvalue weighted by molar-refractivity contribution is 0.318. The van der Waals surface area contributed by atoms with Crippen LogP contribution in [-0.4, -0.2) is 11.0 Å². The van der Waals surface area contributed by atoms with Gasteiger partial charge in [-0.05, 0) is 30.3 Å². The molecule has 7 heteroatoms. The van der Waals surface area contributed by atoms with E-state index in [1.165, 1.54) is 18.2 Å². The number of halogens is 3. The highest BCUT2D eigenvalue weighted by molar-refractivity contribution is 6.34. The molecule has 20 heavy (non-hydrogen) atoms. The van der Waals surface area contributed by atoms with E-state index >= 15 is 0 Å². The predicted octanol–water partition coefficient (Wildman–Crippen LogP) is 4.02. The lowest BCUT2D eigenvalue weighted by Crippen LogP contribution is -2.13. The van der Waals surface area contributed by atoms with Crippen LogP contribution in [0.4, 0.5) is 4.39 Å². The van der Waals surface area contributed by atoms with E-state index in [0.717, 1.165) is 6.07 Å². The van der Waals surface area contributed by atoms with Crippen LogP contribution in [0.1, 0.15) is 5.56 Å². The Morgan fingerprint density at radius 3 is 2.55 bits per heavy atom. The minimum absolute atomic E-state index is 0.0522. The van der Waals surface area contributed by atoms with E-state index in [-0.39, 0.29) is 22.9 Å². The summed E-state index contributed by atoms with van der Waals surface area (Å²) < 4.78 is 19.2. The van der Waals surface area contributed by atoms with Crippen molar-refractivity contribution >= 4 is 29.0 Å². The molecule has 0 aliphatic rings. The van der Waals surface area contributed by atoms with Gasteiger partial charge in [0, 0.05) is 16.7 Å². The van der Waals surface area contributed by atoms with Crippen LogP contribution in [0.15, 0.2) is 41.6 Å². The third kappa shape index (κ3) is 3.12. The van der Waals surface area contributed by atoms with Crippen molar-refractivity contribution in [3.8, 4) is 11.5 Å². The van der Waals surface area contributed by atoms with Gasteiger partial charge in [0.1, 0.15) is 5.75 Å². The molecule has 0 unspecified atom stereocenters. The zero-order chi connectivity index (χ0) is 14.7. The molecule has 0 atom stereocenters. The first kappa shape index (κ1) is 14.4. The maximum absolute atomic E-state index is 13.9. The minimum Gasteiger partial charge on any atom is -0.453 e. The largest absolute Gasteiger partial charge is 0.453 e. The van der Waals surface area contributed by atoms with Crippen LogP contribution in [0.2, 0.25) is 10.0 Å². The number of oxime groups is 1. The van der Waals surface area contributed by atoms with Gasteiger partial charge in [-0.25, -0.2) is 4.39 Å². The molecule has 2 rings (SSSR count). The van der Waals surface area contributed by atoms with E-state index in [1.54, 1.807) is 12.1 Å². The van der Waals surface area contributed by atoms with Crippen molar-refractivity contribution in [1.82, 2.24) is 0 Å². The Kier molecular flexibility index (Phi) is 4.32. The van der Waals surface area contributed by atoms with Crippen molar-refractivity contribution in [3.63, 3.8) is 0 Å². The molecule has 2 aromatic carbocycles. The van der Waals surface area contributed by atoms with Crippen LogP contribution in [0.5, 0.6) is 11.5 Å². The van der Waals surface area contributed by atoms with Gasteiger partial charge < -0.3 is 15.7 Å². The van der Waals surface area contributed by atoms with Crippen molar-refractivity contribution in [2.75, 3.05) is 0 Å². The Hall–Kier alpha value is -1.98. The van der Waals surface area contributed by atoms with Crippen LogP contribution < -0.4 is 10.5 Å². The Morgan fingerprint density at radius 2 is 1.90 bits per heavy atom. The maximum Gasteiger partial charge on any atom is 0.170 e. The first-order chi connectivity index (χ1) is 9.51. The van der Waals surface area contributed by atoms with Crippen LogP contribution >= 0.6 is 23.2 Å². The number of nitrogens with zero attached hydrogens (tertiary/aromatic N) is 1. The molecule has 0 aromatic heterocycles. The highest BCUT2D eigenvalue weighted by Crippen LogP contribution is 2.33. The van der Waals surface area contributed by atoms with E-state index in [2.05, 4.69) is 5.16 Å². The normalized spacial score (nSPS) is 11.4. The first-order valence-electron chi connectivity index (χ1n) is 5.41. The molecule has 0 radical (unpaired) electrons. The lowest BCUT2D eigenvalue weighted by Gasteiger charge is -2.09. The summed E-state index contributed by atoms with van der Waals surface area (Å²) in [5, 5.41) is 12.0. The molecule has 104 valence electrons. The van der Waals surface area contributed by atoms with Crippen molar-refractivity contribution < 1.29 is 14.3 Å². The summed E-state index contributed by atoms with van der Waals surface area (Å²) in [6.45, 7) is 0. The van der Waals surface area contributed by atoms with Crippen molar-refractivity contribution in [2.24, 2.45) is 10.9 Å². The van der Waals surface area contributed by atoms with Crippen LogP contribution in [0.25, 0.3) is 0 Å². The van der Waals surface area contributed by atoms with Crippen molar-refractivity contribution in [1.29, 1.82) is 0 Å². The molecule has 0 saturated carbocycles. The van der Waals surface area contributed by atoms with E-state index < -0.39 is 5.82 Å². The van der Waals surface area contributed by atoms with Crippen molar-refractivity contribution in [3.05, 3.63) is 57.8 Å². The van der Waals surface area contributed by atoms with Crippen molar-refractivity contribution in [2.45, 2.75) is 0 Å². The van der Waals surface area contributed by atoms with Gasteiger partial charge in [-0.15, -0.1) is 0 Å². The molecule has 2 aromatic rings. The lowest BCUT2D eigenvalue weighted by atomic mass is 10.2. The van der Waals surface area contributed by atoms with Crippen LogP contribution in [0.3, 0.4) is 0 Å². The third-order valence-electron chi connectivity index (χ3n) is 2.45. The highest BCUT2D eigenvalue weighted by atomic mass is 35.5. The van der Waals surface area contributed by atoms with E-state index in [9.17, 15) is 4.39 Å². The monoisotopic (exact) mass is 314 g/mol. The Morgan fingerprint density at radius 1 is 1.15 bits per heavy atom. The summed E-state index contributed by atoms with van der Waals surface area (Å²) in [5.74, 6) is -0.695. The van der Waals surface area contributed by atoms with E-state index in [1.807, 2.05) is 0 Å². The quantitative estimate of drug-likeness (QED) is 0.389. The Bertz CT molecular complexity index is 677. The van der Waals surface area contributed by atoms with Gasteiger partial charge in [0.2, 0.25) is 0 Å². The summed E-state index contributed by atoms with van der Waals surface area (Å²) >= 11 is 11.7. The van der Waals surface area contributed by atoms with E-state index in [4.69, 9.17) is 38.9 Å². The average Bonchev–Trinajstić information content (AvgIpc) is 2.44. The summed E-state index contributed by atoms with van der Waals surface area (Å²) in [5.41, 5.74) is 5.59. The molecular weight excluding hydrogens is 306 g/mol. The number of rotatable bonds is 3. The van der Waals surface area contributed by atoms with Gasteiger partial charge in [-0.3, -0.25) is 0 Å². The number of benzene rings is 2. The molecule has 0 amide bonds. The fourth-order valence-electron chi connectivity index (χ4n) is 1.47. The van der Waals surface area contributed by atoms with Gasteiger partial charge >= 0.3 is 0 Å². The molecule has 0 heterocycles. The average molecular weight is 315 g/mol. The zero-order valence-electron chi connectivity index (χ0n) is 9.98. The van der Waals surface area contributed by atoms with Crippen LogP contribution in [0, 0.1) is 5.82 Å². The second-order valence-corrected chi connectivity index (χ2v) is 4.65. The minimum atomic E-state index is -0.676. The predicted molar refractivity (Wildman–Crippen MR) is 75.4 cm³/mol. The maximum atomic E-state index is 13.9. The van der Waals surface area contributed by atoms with Crippen LogP contribution in [-0.2, 0) is 0 Å². The smallest absolute Gasteiger partial charge is 0.170 e. The van der Waals surface area contributed by atoms with Gasteiger partial charge in [-0.2, -0.15) is 0 Å². The van der Waals surface area contributed by atoms with E-state index in [0.29, 0.717) is 10.0 Å². The van der Waals surface area contributed by atoms with Gasteiger partial charge in [-0.1, -0.05) is 28.4 Å². The summed E-state index contributed by atoms with van der Waals surface area (Å²) in [6.07, 6.45) is 0. The summed E-state index contributed by atoms with van der Waals surface area (Å²) in [7, 11) is 0. The second-order valence-electron chi connectivity index (χ2n) is 3.81. The number of hydrogen-bond acceptors (Lipinski definition) is 3. The Labute approximate surface area is 124 Å². The third-order valence-corrected chi connectivity index (χ3v) is 3.00. The van der Waals surface area contributed by atoms with Gasteiger partial charge in [0.25, 0.3) is 0 Å². The molecule has 3 N–H and O–H groups in total. The number of nitrogens with two attached hydrogens (primary N) is 1. The number of ether oxygens (including phenoxy) is 1. The summed E-state index contributed by atoms with van der Waals surface area (Å²) in [4.78, 5) is 0. The number of amidine groups is 1. The molecule has 0 fully saturated rings. The zero-order valence-corrected chi connectivity index (χ0v) is 11.5. The first-order valence-corrected chi connectivity index (χ1v) is 6.17.